The van der Waals surface area contributed by atoms with Gasteiger partial charge in [0.2, 0.25) is 0 Å². The van der Waals surface area contributed by atoms with Crippen LogP contribution < -0.4 is 4.90 Å². The topological polar surface area (TPSA) is 66.8 Å². The maximum absolute atomic E-state index is 12.6. The number of aliphatic imine (C=N–C) groups is 1. The molecule has 4 rings (SSSR count). The van der Waals surface area contributed by atoms with Gasteiger partial charge in [-0.05, 0) is 24.3 Å². The molecule has 0 radical (unpaired) electrons. The number of rotatable bonds is 2. The molecule has 0 aromatic heterocycles. The molecule has 0 aliphatic carbocycles. The zero-order valence-corrected chi connectivity index (χ0v) is 17.0. The van der Waals surface area contributed by atoms with Crippen LogP contribution in [-0.2, 0) is 9.84 Å². The van der Waals surface area contributed by atoms with Crippen molar-refractivity contribution in [3.8, 4) is 0 Å². The summed E-state index contributed by atoms with van der Waals surface area (Å²) < 4.78 is 24.3. The fraction of sp³-hybridized carbons (Fsp3) is 0.222. The lowest BCUT2D eigenvalue weighted by molar-refractivity contribution is 0.100. The van der Waals surface area contributed by atoms with Crippen LogP contribution in [0.4, 0.5) is 5.69 Å². The van der Waals surface area contributed by atoms with Gasteiger partial charge in [0.15, 0.2) is 15.0 Å². The van der Waals surface area contributed by atoms with Crippen molar-refractivity contribution in [1.82, 2.24) is 0 Å². The van der Waals surface area contributed by atoms with Crippen LogP contribution in [0.1, 0.15) is 10.4 Å². The van der Waals surface area contributed by atoms with E-state index >= 15 is 0 Å². The van der Waals surface area contributed by atoms with E-state index in [1.807, 2.05) is 6.07 Å². The lowest BCUT2D eigenvalue weighted by atomic mass is 10.2. The molecule has 0 spiro atoms. The lowest BCUT2D eigenvalue weighted by Gasteiger charge is -2.26. The Balaban J connectivity index is 1.79. The van der Waals surface area contributed by atoms with Gasteiger partial charge in [-0.2, -0.15) is 4.99 Å². The van der Waals surface area contributed by atoms with Gasteiger partial charge in [0, 0.05) is 10.8 Å². The predicted molar refractivity (Wildman–Crippen MR) is 111 cm³/mol. The first-order chi connectivity index (χ1) is 12.9. The van der Waals surface area contributed by atoms with Crippen LogP contribution >= 0.6 is 35.0 Å². The summed E-state index contributed by atoms with van der Waals surface area (Å²) in [5.74, 6) is -0.376. The van der Waals surface area contributed by atoms with Gasteiger partial charge in [-0.3, -0.25) is 4.79 Å². The third kappa shape index (κ3) is 3.61. The van der Waals surface area contributed by atoms with Crippen LogP contribution in [0.2, 0.25) is 10.0 Å². The largest absolute Gasteiger partial charge is 0.313 e. The number of hydrogen-bond acceptors (Lipinski definition) is 4. The molecule has 0 unspecified atom stereocenters. The molecule has 2 heterocycles. The zero-order valence-electron chi connectivity index (χ0n) is 13.9. The zero-order chi connectivity index (χ0) is 19.2. The minimum absolute atomic E-state index is 0.0230. The number of amides is 1. The van der Waals surface area contributed by atoms with Gasteiger partial charge in [0.25, 0.3) is 5.91 Å². The van der Waals surface area contributed by atoms with Gasteiger partial charge in [-0.15, -0.1) is 0 Å². The molecular formula is C18H14Cl2N2O3S2. The smallest absolute Gasteiger partial charge is 0.279 e. The molecule has 2 saturated heterocycles. The van der Waals surface area contributed by atoms with E-state index in [1.165, 1.54) is 11.8 Å². The van der Waals surface area contributed by atoms with Crippen molar-refractivity contribution in [2.45, 2.75) is 11.3 Å². The Morgan fingerprint density at radius 2 is 1.70 bits per heavy atom. The summed E-state index contributed by atoms with van der Waals surface area (Å²) in [6.45, 7) is 0. The molecule has 2 aliphatic heterocycles. The van der Waals surface area contributed by atoms with Crippen LogP contribution in [0.15, 0.2) is 53.5 Å². The third-order valence-corrected chi connectivity index (χ3v) is 8.28. The Labute approximate surface area is 171 Å². The molecule has 2 aromatic rings. The molecule has 2 aliphatic rings. The van der Waals surface area contributed by atoms with Gasteiger partial charge in [0.1, 0.15) is 0 Å². The number of benzene rings is 2. The van der Waals surface area contributed by atoms with Crippen molar-refractivity contribution in [1.29, 1.82) is 0 Å². The third-order valence-electron chi connectivity index (χ3n) is 4.46. The van der Waals surface area contributed by atoms with Crippen LogP contribution in [-0.4, -0.2) is 42.3 Å². The van der Waals surface area contributed by atoms with E-state index in [4.69, 9.17) is 23.2 Å². The summed E-state index contributed by atoms with van der Waals surface area (Å²) in [4.78, 5) is 18.6. The van der Waals surface area contributed by atoms with Gasteiger partial charge >= 0.3 is 0 Å². The Bertz CT molecular complexity index is 1020. The first-order valence-corrected chi connectivity index (χ1v) is 11.6. The Morgan fingerprint density at radius 1 is 1.04 bits per heavy atom. The normalized spacial score (nSPS) is 25.0. The summed E-state index contributed by atoms with van der Waals surface area (Å²) in [6, 6.07) is 13.4. The molecule has 9 heteroatoms. The predicted octanol–water partition coefficient (Wildman–Crippen LogP) is 3.91. The summed E-state index contributed by atoms with van der Waals surface area (Å²) in [5.41, 5.74) is 0.943. The Morgan fingerprint density at radius 3 is 2.37 bits per heavy atom. The number of thioether (sulfide) groups is 1. The molecule has 27 heavy (non-hydrogen) atoms. The number of sulfone groups is 1. The summed E-state index contributed by atoms with van der Waals surface area (Å²) in [5, 5.41) is 0.967. The maximum atomic E-state index is 12.6. The minimum Gasteiger partial charge on any atom is -0.313 e. The molecule has 2 atom stereocenters. The first-order valence-electron chi connectivity index (χ1n) is 8.14. The lowest BCUT2D eigenvalue weighted by Crippen LogP contribution is -2.38. The highest BCUT2D eigenvalue weighted by Crippen LogP contribution is 2.45. The van der Waals surface area contributed by atoms with E-state index in [1.54, 1.807) is 47.4 Å². The molecule has 0 N–H and O–H groups in total. The van der Waals surface area contributed by atoms with E-state index in [9.17, 15) is 13.2 Å². The molecule has 0 bridgehead atoms. The van der Waals surface area contributed by atoms with E-state index in [2.05, 4.69) is 4.99 Å². The van der Waals surface area contributed by atoms with Crippen molar-refractivity contribution >= 4 is 61.6 Å². The van der Waals surface area contributed by atoms with Crippen molar-refractivity contribution < 1.29 is 13.2 Å². The number of anilines is 1. The summed E-state index contributed by atoms with van der Waals surface area (Å²) >= 11 is 14.0. The number of carbonyl (C=O) groups is 1. The van der Waals surface area contributed by atoms with Crippen molar-refractivity contribution in [3.63, 3.8) is 0 Å². The SMILES string of the molecule is O=C(N=C1S[C@@H]2CS(=O)(=O)C[C@@H]2N1c1c(Cl)cccc1Cl)c1ccccc1. The average molecular weight is 441 g/mol. The van der Waals surface area contributed by atoms with Gasteiger partial charge in [-0.25, -0.2) is 8.42 Å². The first kappa shape index (κ1) is 18.8. The Kier molecular flexibility index (Phi) is 4.96. The standard InChI is InChI=1S/C18H14Cl2N2O3S2/c19-12-7-4-8-13(20)16(12)22-14-9-27(24,25)10-15(14)26-18(22)21-17(23)11-5-2-1-3-6-11/h1-8,14-15H,9-10H2/t14-,15+/m0/s1. The Hall–Kier alpha value is -1.54. The van der Waals surface area contributed by atoms with E-state index in [0.29, 0.717) is 26.5 Å². The molecular weight excluding hydrogens is 427 g/mol. The quantitative estimate of drug-likeness (QED) is 0.707. The molecule has 2 fully saturated rings. The van der Waals surface area contributed by atoms with Crippen molar-refractivity contribution in [2.24, 2.45) is 4.99 Å². The molecule has 0 saturated carbocycles. The van der Waals surface area contributed by atoms with Crippen LogP contribution in [0.5, 0.6) is 0 Å². The second-order valence-electron chi connectivity index (χ2n) is 6.31. The molecule has 140 valence electrons. The summed E-state index contributed by atoms with van der Waals surface area (Å²) in [6.07, 6.45) is 0. The number of halogens is 2. The van der Waals surface area contributed by atoms with Crippen LogP contribution in [0.3, 0.4) is 0 Å². The fourth-order valence-corrected chi connectivity index (χ4v) is 7.76. The van der Waals surface area contributed by atoms with Crippen LogP contribution in [0, 0.1) is 0 Å². The summed E-state index contributed by atoms with van der Waals surface area (Å²) in [7, 11) is -3.16. The molecule has 1 amide bonds. The number of carbonyl (C=O) groups excluding carboxylic acids is 1. The minimum atomic E-state index is -3.16. The highest BCUT2D eigenvalue weighted by atomic mass is 35.5. The second-order valence-corrected chi connectivity index (χ2v) is 10.5. The second kappa shape index (κ2) is 7.13. The van der Waals surface area contributed by atoms with Crippen molar-refractivity contribution in [3.05, 3.63) is 64.1 Å². The van der Waals surface area contributed by atoms with Gasteiger partial charge in [-0.1, -0.05) is 59.2 Å². The number of fused-ring (bicyclic) bond motifs is 1. The number of nitrogens with zero attached hydrogens (tertiary/aromatic N) is 2. The fourth-order valence-electron chi connectivity index (χ4n) is 3.28. The van der Waals surface area contributed by atoms with Gasteiger partial charge < -0.3 is 4.90 Å². The van der Waals surface area contributed by atoms with E-state index < -0.39 is 15.7 Å². The highest BCUT2D eigenvalue weighted by molar-refractivity contribution is 8.16. The maximum Gasteiger partial charge on any atom is 0.279 e. The number of amidine groups is 1. The van der Waals surface area contributed by atoms with Crippen LogP contribution in [0.25, 0.3) is 0 Å². The molecule has 5 nitrogen and oxygen atoms in total. The average Bonchev–Trinajstić information content (AvgIpc) is 3.07. The van der Waals surface area contributed by atoms with Gasteiger partial charge in [0.05, 0.1) is 33.3 Å². The van der Waals surface area contributed by atoms with Crippen molar-refractivity contribution in [2.75, 3.05) is 16.4 Å². The number of para-hydroxylation sites is 1. The number of hydrogen-bond donors (Lipinski definition) is 0. The monoisotopic (exact) mass is 440 g/mol. The molecule has 2 aromatic carbocycles. The van der Waals surface area contributed by atoms with E-state index in [-0.39, 0.29) is 22.8 Å². The van der Waals surface area contributed by atoms with E-state index in [0.717, 1.165) is 0 Å². The highest BCUT2D eigenvalue weighted by Gasteiger charge is 2.50.